The lowest BCUT2D eigenvalue weighted by Crippen LogP contribution is -2.27. The first kappa shape index (κ1) is 15.2. The molecule has 0 aromatic heterocycles. The molecule has 1 saturated carbocycles. The fourth-order valence-electron chi connectivity index (χ4n) is 2.88. The van der Waals surface area contributed by atoms with Crippen molar-refractivity contribution < 1.29 is 8.42 Å². The van der Waals surface area contributed by atoms with Crippen LogP contribution in [0, 0.1) is 5.92 Å². The van der Waals surface area contributed by atoms with Crippen LogP contribution in [-0.4, -0.2) is 20.7 Å². The number of nitrogens with one attached hydrogen (secondary N) is 2. The van der Waals surface area contributed by atoms with Crippen LogP contribution in [0.3, 0.4) is 0 Å². The Morgan fingerprint density at radius 2 is 1.80 bits per heavy atom. The molecule has 20 heavy (non-hydrogen) atoms. The Morgan fingerprint density at radius 3 is 2.40 bits per heavy atom. The Kier molecular flexibility index (Phi) is 4.91. The Balaban J connectivity index is 1.93. The van der Waals surface area contributed by atoms with Gasteiger partial charge in [-0.25, -0.2) is 8.42 Å². The molecule has 4 nitrogen and oxygen atoms in total. The van der Waals surface area contributed by atoms with Crippen LogP contribution in [0.4, 0.5) is 11.4 Å². The number of sulfonamides is 1. The Morgan fingerprint density at radius 1 is 1.15 bits per heavy atom. The van der Waals surface area contributed by atoms with Gasteiger partial charge in [-0.15, -0.1) is 0 Å². The van der Waals surface area contributed by atoms with Gasteiger partial charge >= 0.3 is 0 Å². The van der Waals surface area contributed by atoms with Crippen molar-refractivity contribution >= 4 is 21.4 Å². The van der Waals surface area contributed by atoms with Crippen LogP contribution in [0.25, 0.3) is 0 Å². The largest absolute Gasteiger partial charge is 0.382 e. The predicted octanol–water partition coefficient (Wildman–Crippen LogP) is 3.44. The summed E-state index contributed by atoms with van der Waals surface area (Å²) in [7, 11) is -3.20. The van der Waals surface area contributed by atoms with E-state index in [1.165, 1.54) is 32.1 Å². The van der Waals surface area contributed by atoms with E-state index in [-0.39, 0.29) is 0 Å². The summed E-state index contributed by atoms with van der Waals surface area (Å²) < 4.78 is 24.8. The van der Waals surface area contributed by atoms with Crippen molar-refractivity contribution in [2.24, 2.45) is 5.92 Å². The van der Waals surface area contributed by atoms with E-state index in [1.54, 1.807) is 12.1 Å². The fourth-order valence-corrected chi connectivity index (χ4v) is 3.44. The minimum atomic E-state index is -3.20. The molecule has 0 heterocycles. The predicted molar refractivity (Wildman–Crippen MR) is 84.6 cm³/mol. The first-order valence-corrected chi connectivity index (χ1v) is 9.20. The van der Waals surface area contributed by atoms with E-state index < -0.39 is 10.0 Å². The van der Waals surface area contributed by atoms with Crippen LogP contribution in [0.15, 0.2) is 24.3 Å². The van der Waals surface area contributed by atoms with E-state index in [4.69, 9.17) is 0 Å². The first-order valence-electron chi connectivity index (χ1n) is 7.30. The summed E-state index contributed by atoms with van der Waals surface area (Å²) in [4.78, 5) is 0. The molecule has 0 radical (unpaired) electrons. The van der Waals surface area contributed by atoms with E-state index in [9.17, 15) is 8.42 Å². The molecule has 2 N–H and O–H groups in total. The summed E-state index contributed by atoms with van der Waals surface area (Å²) >= 11 is 0. The van der Waals surface area contributed by atoms with Crippen molar-refractivity contribution in [1.29, 1.82) is 0 Å². The van der Waals surface area contributed by atoms with Gasteiger partial charge < -0.3 is 5.32 Å². The fraction of sp³-hybridized carbons (Fsp3) is 0.600. The normalized spacial score (nSPS) is 23.3. The van der Waals surface area contributed by atoms with Gasteiger partial charge in [-0.05, 0) is 43.0 Å². The van der Waals surface area contributed by atoms with Gasteiger partial charge in [0.1, 0.15) is 0 Å². The molecule has 112 valence electrons. The molecule has 1 aliphatic carbocycles. The minimum absolute atomic E-state index is 0.544. The SMILES string of the molecule is CCC1CCCC(Nc2ccc(NS(C)(=O)=O)cc2)C1. The number of hydrogen-bond acceptors (Lipinski definition) is 3. The van der Waals surface area contributed by atoms with Gasteiger partial charge in [-0.2, -0.15) is 0 Å². The second-order valence-electron chi connectivity index (χ2n) is 5.73. The molecule has 0 spiro atoms. The molecular weight excluding hydrogens is 272 g/mol. The second kappa shape index (κ2) is 6.48. The van der Waals surface area contributed by atoms with Crippen molar-refractivity contribution in [3.05, 3.63) is 24.3 Å². The highest BCUT2D eigenvalue weighted by molar-refractivity contribution is 7.92. The lowest BCUT2D eigenvalue weighted by molar-refractivity contribution is 0.327. The van der Waals surface area contributed by atoms with Crippen molar-refractivity contribution in [2.45, 2.75) is 45.1 Å². The summed E-state index contributed by atoms with van der Waals surface area (Å²) in [6.45, 7) is 2.26. The number of hydrogen-bond donors (Lipinski definition) is 2. The maximum absolute atomic E-state index is 11.1. The Labute approximate surface area is 122 Å². The maximum Gasteiger partial charge on any atom is 0.229 e. The van der Waals surface area contributed by atoms with Gasteiger partial charge in [-0.3, -0.25) is 4.72 Å². The summed E-state index contributed by atoms with van der Waals surface area (Å²) in [6, 6.07) is 8.00. The smallest absolute Gasteiger partial charge is 0.229 e. The molecular formula is C15H24N2O2S. The molecule has 1 fully saturated rings. The molecule has 2 rings (SSSR count). The number of benzene rings is 1. The molecule has 1 aromatic carbocycles. The molecule has 1 aromatic rings. The molecule has 0 saturated heterocycles. The van der Waals surface area contributed by atoms with Crippen LogP contribution < -0.4 is 10.0 Å². The maximum atomic E-state index is 11.1. The lowest BCUT2D eigenvalue weighted by atomic mass is 9.84. The monoisotopic (exact) mass is 296 g/mol. The molecule has 5 heteroatoms. The Hall–Kier alpha value is -1.23. The third-order valence-electron chi connectivity index (χ3n) is 3.92. The van der Waals surface area contributed by atoms with Crippen molar-refractivity contribution in [1.82, 2.24) is 0 Å². The van der Waals surface area contributed by atoms with Gasteiger partial charge in [0.05, 0.1) is 6.26 Å². The highest BCUT2D eigenvalue weighted by Crippen LogP contribution is 2.28. The summed E-state index contributed by atoms with van der Waals surface area (Å²) in [6.07, 6.45) is 7.52. The quantitative estimate of drug-likeness (QED) is 0.875. The van der Waals surface area contributed by atoms with Gasteiger partial charge in [0.25, 0.3) is 0 Å². The van der Waals surface area contributed by atoms with E-state index in [0.29, 0.717) is 11.7 Å². The molecule has 0 bridgehead atoms. The molecule has 0 amide bonds. The van der Waals surface area contributed by atoms with Crippen molar-refractivity contribution in [2.75, 3.05) is 16.3 Å². The number of rotatable bonds is 5. The first-order chi connectivity index (χ1) is 9.46. The van der Waals surface area contributed by atoms with E-state index >= 15 is 0 Å². The zero-order valence-electron chi connectivity index (χ0n) is 12.2. The third-order valence-corrected chi connectivity index (χ3v) is 4.53. The van der Waals surface area contributed by atoms with Crippen LogP contribution in [-0.2, 0) is 10.0 Å². The van der Waals surface area contributed by atoms with Crippen molar-refractivity contribution in [3.63, 3.8) is 0 Å². The molecule has 1 aliphatic rings. The standard InChI is InChI=1S/C15H24N2O2S/c1-3-12-5-4-6-15(11-12)16-13-7-9-14(10-8-13)17-20(2,18)19/h7-10,12,15-17H,3-6,11H2,1-2H3. The zero-order valence-corrected chi connectivity index (χ0v) is 13.0. The summed E-state index contributed by atoms with van der Waals surface area (Å²) in [5, 5.41) is 3.56. The molecule has 2 atom stereocenters. The van der Waals surface area contributed by atoms with Crippen LogP contribution in [0.2, 0.25) is 0 Å². The lowest BCUT2D eigenvalue weighted by Gasteiger charge is -2.29. The van der Waals surface area contributed by atoms with E-state index in [0.717, 1.165) is 17.9 Å². The summed E-state index contributed by atoms with van der Waals surface area (Å²) in [5.74, 6) is 0.840. The van der Waals surface area contributed by atoms with Crippen LogP contribution >= 0.6 is 0 Å². The highest BCUT2D eigenvalue weighted by Gasteiger charge is 2.20. The van der Waals surface area contributed by atoms with Crippen LogP contribution in [0.5, 0.6) is 0 Å². The van der Waals surface area contributed by atoms with Gasteiger partial charge in [0, 0.05) is 17.4 Å². The van der Waals surface area contributed by atoms with E-state index in [1.807, 2.05) is 12.1 Å². The van der Waals surface area contributed by atoms with E-state index in [2.05, 4.69) is 17.0 Å². The zero-order chi connectivity index (χ0) is 14.6. The highest BCUT2D eigenvalue weighted by atomic mass is 32.2. The average molecular weight is 296 g/mol. The average Bonchev–Trinajstić information content (AvgIpc) is 2.40. The minimum Gasteiger partial charge on any atom is -0.382 e. The number of anilines is 2. The molecule has 2 unspecified atom stereocenters. The van der Waals surface area contributed by atoms with Gasteiger partial charge in [0.15, 0.2) is 0 Å². The molecule has 0 aliphatic heterocycles. The van der Waals surface area contributed by atoms with Crippen molar-refractivity contribution in [3.8, 4) is 0 Å². The topological polar surface area (TPSA) is 58.2 Å². The second-order valence-corrected chi connectivity index (χ2v) is 7.48. The van der Waals surface area contributed by atoms with Gasteiger partial charge in [0.2, 0.25) is 10.0 Å². The Bertz CT molecular complexity index is 525. The third kappa shape index (κ3) is 4.71. The van der Waals surface area contributed by atoms with Crippen LogP contribution in [0.1, 0.15) is 39.0 Å². The van der Waals surface area contributed by atoms with Gasteiger partial charge in [-0.1, -0.05) is 26.2 Å². The summed E-state index contributed by atoms with van der Waals surface area (Å²) in [5.41, 5.74) is 1.67.